The van der Waals surface area contributed by atoms with Gasteiger partial charge in [-0.2, -0.15) is 0 Å². The number of thioether (sulfide) groups is 1. The van der Waals surface area contributed by atoms with Crippen molar-refractivity contribution in [1.82, 2.24) is 0 Å². The van der Waals surface area contributed by atoms with Crippen molar-refractivity contribution in [2.75, 3.05) is 0 Å². The molecule has 2 atom stereocenters. The molecule has 0 spiro atoms. The van der Waals surface area contributed by atoms with Gasteiger partial charge >= 0.3 is 0 Å². The van der Waals surface area contributed by atoms with Crippen molar-refractivity contribution in [1.29, 1.82) is 0 Å². The Hall–Kier alpha value is -0.0200. The predicted molar refractivity (Wildman–Crippen MR) is 50.0 cm³/mol. The van der Waals surface area contributed by atoms with Crippen molar-refractivity contribution < 1.29 is 5.11 Å². The fourth-order valence-electron chi connectivity index (χ4n) is 1.38. The molecule has 0 aromatic heterocycles. The maximum Gasteiger partial charge on any atom is 0.157 e. The molecule has 2 nitrogen and oxygen atoms in total. The third-order valence-corrected chi connectivity index (χ3v) is 2.92. The van der Waals surface area contributed by atoms with Crippen LogP contribution in [0.15, 0.2) is 4.99 Å². The first-order valence-corrected chi connectivity index (χ1v) is 4.89. The number of nitrogens with zero attached hydrogens (tertiary/aromatic N) is 1. The summed E-state index contributed by atoms with van der Waals surface area (Å²) in [5, 5.41) is 11.3. The zero-order valence-corrected chi connectivity index (χ0v) is 8.11. The third kappa shape index (κ3) is 2.20. The second-order valence-electron chi connectivity index (χ2n) is 3.10. The van der Waals surface area contributed by atoms with E-state index in [9.17, 15) is 5.11 Å². The van der Waals surface area contributed by atoms with Gasteiger partial charge in [-0.3, -0.25) is 0 Å². The van der Waals surface area contributed by atoms with Crippen molar-refractivity contribution in [3.63, 3.8) is 0 Å². The Labute approximate surface area is 72.1 Å². The molecular weight excluding hydrogens is 158 g/mol. The molecule has 0 aromatic carbocycles. The summed E-state index contributed by atoms with van der Waals surface area (Å²) >= 11 is 1.75. The lowest BCUT2D eigenvalue weighted by Gasteiger charge is -2.30. The summed E-state index contributed by atoms with van der Waals surface area (Å²) in [6, 6.07) is 0. The topological polar surface area (TPSA) is 32.6 Å². The Morgan fingerprint density at radius 2 is 2.45 bits per heavy atom. The first kappa shape index (κ1) is 9.07. The predicted octanol–water partition coefficient (Wildman–Crippen LogP) is 2.03. The van der Waals surface area contributed by atoms with Gasteiger partial charge in [-0.05, 0) is 13.3 Å². The summed E-state index contributed by atoms with van der Waals surface area (Å²) in [5.41, 5.74) is -0.769. The van der Waals surface area contributed by atoms with Gasteiger partial charge in [0.15, 0.2) is 5.72 Å². The van der Waals surface area contributed by atoms with E-state index in [1.165, 1.54) is 0 Å². The summed E-state index contributed by atoms with van der Waals surface area (Å²) < 4.78 is 0. The van der Waals surface area contributed by atoms with Crippen LogP contribution in [-0.4, -0.2) is 21.1 Å². The van der Waals surface area contributed by atoms with E-state index in [0.29, 0.717) is 5.25 Å². The van der Waals surface area contributed by atoms with Crippen LogP contribution in [0.2, 0.25) is 0 Å². The van der Waals surface area contributed by atoms with Crippen LogP contribution in [-0.2, 0) is 0 Å². The van der Waals surface area contributed by atoms with E-state index in [1.807, 2.05) is 13.8 Å². The maximum absolute atomic E-state index is 9.82. The highest BCUT2D eigenvalue weighted by atomic mass is 32.2. The summed E-state index contributed by atoms with van der Waals surface area (Å²) in [6.45, 7) is 6.06. The van der Waals surface area contributed by atoms with E-state index in [2.05, 4.69) is 11.9 Å². The van der Waals surface area contributed by atoms with E-state index in [1.54, 1.807) is 11.8 Å². The molecule has 64 valence electrons. The SMILES string of the molecule is CCC1(O)CC(C)SC(C)=N1. The first-order chi connectivity index (χ1) is 5.06. The van der Waals surface area contributed by atoms with Gasteiger partial charge in [0.25, 0.3) is 0 Å². The molecule has 1 aliphatic heterocycles. The number of aliphatic hydroxyl groups is 1. The molecule has 0 aliphatic carbocycles. The van der Waals surface area contributed by atoms with Gasteiger partial charge in [-0.25, -0.2) is 4.99 Å². The van der Waals surface area contributed by atoms with Crippen LogP contribution in [0, 0.1) is 0 Å². The molecule has 1 heterocycles. The van der Waals surface area contributed by atoms with Crippen LogP contribution in [0.3, 0.4) is 0 Å². The highest BCUT2D eigenvalue weighted by Crippen LogP contribution is 2.32. The second kappa shape index (κ2) is 3.15. The molecule has 0 radical (unpaired) electrons. The molecule has 1 N–H and O–H groups in total. The van der Waals surface area contributed by atoms with E-state index in [-0.39, 0.29) is 0 Å². The van der Waals surface area contributed by atoms with Gasteiger partial charge in [-0.1, -0.05) is 13.8 Å². The van der Waals surface area contributed by atoms with Crippen LogP contribution in [0.1, 0.15) is 33.6 Å². The molecule has 11 heavy (non-hydrogen) atoms. The zero-order valence-electron chi connectivity index (χ0n) is 7.29. The Bertz CT molecular complexity index is 181. The lowest BCUT2D eigenvalue weighted by atomic mass is 10.1. The Morgan fingerprint density at radius 1 is 1.82 bits per heavy atom. The lowest BCUT2D eigenvalue weighted by molar-refractivity contribution is 0.0367. The highest BCUT2D eigenvalue weighted by molar-refractivity contribution is 8.14. The zero-order chi connectivity index (χ0) is 8.48. The summed E-state index contributed by atoms with van der Waals surface area (Å²) in [6.07, 6.45) is 1.50. The molecule has 1 aliphatic rings. The van der Waals surface area contributed by atoms with Gasteiger partial charge in [0, 0.05) is 11.7 Å². The fourth-order valence-corrected chi connectivity index (χ4v) is 2.54. The van der Waals surface area contributed by atoms with Gasteiger partial charge in [0.1, 0.15) is 0 Å². The summed E-state index contributed by atoms with van der Waals surface area (Å²) in [4.78, 5) is 4.22. The Kier molecular flexibility index (Phi) is 2.60. The van der Waals surface area contributed by atoms with Crippen LogP contribution in [0.25, 0.3) is 0 Å². The van der Waals surface area contributed by atoms with Gasteiger partial charge < -0.3 is 5.11 Å². The molecule has 0 saturated heterocycles. The monoisotopic (exact) mass is 173 g/mol. The molecule has 3 heteroatoms. The number of rotatable bonds is 1. The van der Waals surface area contributed by atoms with Crippen LogP contribution >= 0.6 is 11.8 Å². The van der Waals surface area contributed by atoms with Gasteiger partial charge in [-0.15, -0.1) is 11.8 Å². The van der Waals surface area contributed by atoms with Crippen molar-refractivity contribution in [2.24, 2.45) is 4.99 Å². The number of hydrogen-bond acceptors (Lipinski definition) is 3. The summed E-state index contributed by atoms with van der Waals surface area (Å²) in [7, 11) is 0. The molecule has 2 unspecified atom stereocenters. The lowest BCUT2D eigenvalue weighted by Crippen LogP contribution is -2.33. The standard InChI is InChI=1S/C8H15NOS/c1-4-8(10)5-6(2)11-7(3)9-8/h6,10H,4-5H2,1-3H3. The van der Waals surface area contributed by atoms with Crippen molar-refractivity contribution >= 4 is 16.8 Å². The minimum atomic E-state index is -0.769. The smallest absolute Gasteiger partial charge is 0.157 e. The van der Waals surface area contributed by atoms with Crippen LogP contribution in [0.4, 0.5) is 0 Å². The normalized spacial score (nSPS) is 38.5. The fraction of sp³-hybridized carbons (Fsp3) is 0.875. The molecule has 0 bridgehead atoms. The van der Waals surface area contributed by atoms with Crippen molar-refractivity contribution in [3.8, 4) is 0 Å². The largest absolute Gasteiger partial charge is 0.369 e. The van der Waals surface area contributed by atoms with E-state index in [4.69, 9.17) is 0 Å². The number of aliphatic imine (C=N–C) groups is 1. The van der Waals surface area contributed by atoms with Gasteiger partial charge in [0.05, 0.1) is 5.04 Å². The minimum Gasteiger partial charge on any atom is -0.369 e. The van der Waals surface area contributed by atoms with Crippen LogP contribution in [0.5, 0.6) is 0 Å². The van der Waals surface area contributed by atoms with Crippen molar-refractivity contribution in [3.05, 3.63) is 0 Å². The molecule has 0 fully saturated rings. The van der Waals surface area contributed by atoms with E-state index in [0.717, 1.165) is 17.9 Å². The van der Waals surface area contributed by atoms with E-state index >= 15 is 0 Å². The average Bonchev–Trinajstić information content (AvgIpc) is 1.84. The minimum absolute atomic E-state index is 0.498. The summed E-state index contributed by atoms with van der Waals surface area (Å²) in [5.74, 6) is 0. The number of hydrogen-bond donors (Lipinski definition) is 1. The molecule has 0 amide bonds. The highest BCUT2D eigenvalue weighted by Gasteiger charge is 2.30. The van der Waals surface area contributed by atoms with Gasteiger partial charge in [0.2, 0.25) is 0 Å². The Morgan fingerprint density at radius 3 is 2.91 bits per heavy atom. The second-order valence-corrected chi connectivity index (χ2v) is 4.73. The maximum atomic E-state index is 9.82. The average molecular weight is 173 g/mol. The first-order valence-electron chi connectivity index (χ1n) is 4.01. The third-order valence-electron chi connectivity index (χ3n) is 1.92. The molecule has 1 rings (SSSR count). The molecule has 0 aromatic rings. The van der Waals surface area contributed by atoms with Crippen LogP contribution < -0.4 is 0 Å². The van der Waals surface area contributed by atoms with Crippen molar-refractivity contribution in [2.45, 2.75) is 44.6 Å². The molecular formula is C8H15NOS. The molecule has 0 saturated carbocycles. The van der Waals surface area contributed by atoms with E-state index < -0.39 is 5.72 Å². The Balaban J connectivity index is 2.76. The quantitative estimate of drug-likeness (QED) is 0.658.